The summed E-state index contributed by atoms with van der Waals surface area (Å²) in [7, 11) is 1.81. The molecule has 0 saturated heterocycles. The average molecular weight is 565 g/mol. The number of aryl methyl sites for hydroxylation is 1. The number of aromatic amines is 1. The van der Waals surface area contributed by atoms with Crippen LogP contribution in [0.5, 0.6) is 0 Å². The van der Waals surface area contributed by atoms with Crippen molar-refractivity contribution in [1.29, 1.82) is 0 Å². The summed E-state index contributed by atoms with van der Waals surface area (Å²) in [5.41, 5.74) is 0.709. The van der Waals surface area contributed by atoms with E-state index in [1.165, 1.54) is 45.9 Å². The number of aromatic nitrogens is 4. The van der Waals surface area contributed by atoms with E-state index in [1.807, 2.05) is 7.05 Å². The smallest absolute Gasteiger partial charge is 0.324 e. The molecule has 0 aliphatic heterocycles. The summed E-state index contributed by atoms with van der Waals surface area (Å²) in [5.74, 6) is -0.613. The van der Waals surface area contributed by atoms with E-state index in [0.717, 1.165) is 12.1 Å². The van der Waals surface area contributed by atoms with Crippen molar-refractivity contribution in [3.8, 4) is 5.69 Å². The fourth-order valence-corrected chi connectivity index (χ4v) is 4.71. The van der Waals surface area contributed by atoms with Crippen molar-refractivity contribution in [2.75, 3.05) is 0 Å². The van der Waals surface area contributed by atoms with Gasteiger partial charge in [-0.15, -0.1) is 0 Å². The minimum atomic E-state index is -4.49. The minimum absolute atomic E-state index is 0.105. The van der Waals surface area contributed by atoms with Crippen LogP contribution < -0.4 is 10.1 Å². The van der Waals surface area contributed by atoms with E-state index in [0.29, 0.717) is 27.8 Å². The van der Waals surface area contributed by atoms with Gasteiger partial charge in [0.05, 0.1) is 48.2 Å². The average Bonchev–Trinajstić information content (AvgIpc) is 3.36. The van der Waals surface area contributed by atoms with Gasteiger partial charge in [0.15, 0.2) is 5.69 Å². The Morgan fingerprint density at radius 1 is 1.05 bits per heavy atom. The van der Waals surface area contributed by atoms with E-state index in [2.05, 4.69) is 4.98 Å². The summed E-state index contributed by atoms with van der Waals surface area (Å²) in [6, 6.07) is 15.9. The molecule has 1 amide bonds. The number of halogens is 4. The molecular weight excluding hydrogens is 538 g/mol. The molecule has 0 aliphatic carbocycles. The van der Waals surface area contributed by atoms with Gasteiger partial charge in [-0.2, -0.15) is 13.2 Å². The second-order valence-electron chi connectivity index (χ2n) is 9.77. The van der Waals surface area contributed by atoms with Crippen molar-refractivity contribution in [3.63, 3.8) is 0 Å². The number of nitrogens with one attached hydrogen (secondary N) is 1. The highest BCUT2D eigenvalue weighted by molar-refractivity contribution is 5.80. The quantitative estimate of drug-likeness (QED) is 0.223. The predicted octanol–water partition coefficient (Wildman–Crippen LogP) is 5.03. The molecule has 5 rings (SSSR count). The molecule has 11 heteroatoms. The molecule has 2 aromatic heterocycles. The second kappa shape index (κ2) is 11.0. The molecule has 210 valence electrons. The summed E-state index contributed by atoms with van der Waals surface area (Å²) in [6.07, 6.45) is -1.16. The first-order valence-electron chi connectivity index (χ1n) is 12.8. The maximum atomic E-state index is 13.8. The molecule has 0 bridgehead atoms. The number of fused-ring (bicyclic) bond motifs is 1. The lowest BCUT2D eigenvalue weighted by atomic mass is 10.1. The van der Waals surface area contributed by atoms with Crippen LogP contribution in [0.4, 0.5) is 17.6 Å². The summed E-state index contributed by atoms with van der Waals surface area (Å²) in [5, 5.41) is 0.354. The van der Waals surface area contributed by atoms with Crippen molar-refractivity contribution in [2.45, 2.75) is 32.1 Å². The topological polar surface area (TPSA) is 74.9 Å². The lowest BCUT2D eigenvalue weighted by Gasteiger charge is -2.30. The fourth-order valence-electron chi connectivity index (χ4n) is 4.71. The molecule has 41 heavy (non-hydrogen) atoms. The van der Waals surface area contributed by atoms with Gasteiger partial charge in [0.25, 0.3) is 5.56 Å². The van der Waals surface area contributed by atoms with E-state index >= 15 is 0 Å². The first-order chi connectivity index (χ1) is 19.5. The van der Waals surface area contributed by atoms with Crippen LogP contribution in [0.3, 0.4) is 0 Å². The Bertz CT molecular complexity index is 1760. The van der Waals surface area contributed by atoms with E-state index < -0.39 is 23.6 Å². The van der Waals surface area contributed by atoms with Gasteiger partial charge >= 0.3 is 6.18 Å². The molecular formula is C30H26F4N5O2+. The van der Waals surface area contributed by atoms with E-state index in [-0.39, 0.29) is 30.3 Å². The van der Waals surface area contributed by atoms with Gasteiger partial charge in [0.1, 0.15) is 17.8 Å². The van der Waals surface area contributed by atoms with Crippen LogP contribution in [0, 0.1) is 5.82 Å². The van der Waals surface area contributed by atoms with E-state index in [1.54, 1.807) is 48.3 Å². The summed E-state index contributed by atoms with van der Waals surface area (Å²) < 4.78 is 56.1. The number of alkyl halides is 3. The number of rotatable bonds is 7. The standard InChI is InChI=1S/C30H25F4N5O2/c1-19(28-36-26-6-4-3-5-25(26)29(41)39(28)24-13-11-22(31)12-14-24)38(17-23-16-37(2)18-35-23)27(40)15-20-7-9-21(10-8-20)30(32,33)34/h3-14,16,18-19H,15,17H2,1-2H3/p+1/t19-/m1/s1. The fraction of sp³-hybridized carbons (Fsp3) is 0.200. The van der Waals surface area contributed by atoms with Crippen LogP contribution in [-0.2, 0) is 31.0 Å². The number of benzene rings is 3. The van der Waals surface area contributed by atoms with E-state index in [9.17, 15) is 27.2 Å². The maximum Gasteiger partial charge on any atom is 0.416 e. The number of para-hydroxylation sites is 1. The SMILES string of the molecule is C[C@H](c1nc2ccccc2c(=O)n1-c1ccc(F)cc1)N(Cc1c[n+](C)c[nH]1)C(=O)Cc1ccc(C(F)(F)F)cc1. The molecule has 0 fully saturated rings. The Kier molecular flexibility index (Phi) is 7.44. The second-order valence-corrected chi connectivity index (χ2v) is 9.77. The molecule has 2 heterocycles. The van der Waals surface area contributed by atoms with Gasteiger partial charge in [-0.25, -0.2) is 18.9 Å². The van der Waals surface area contributed by atoms with Gasteiger partial charge in [-0.05, 0) is 61.0 Å². The monoisotopic (exact) mass is 564 g/mol. The van der Waals surface area contributed by atoms with Crippen LogP contribution >= 0.6 is 0 Å². The van der Waals surface area contributed by atoms with Crippen LogP contribution in [0.25, 0.3) is 16.6 Å². The van der Waals surface area contributed by atoms with Crippen molar-refractivity contribution in [1.82, 2.24) is 19.4 Å². The van der Waals surface area contributed by atoms with Crippen LogP contribution in [0.15, 0.2) is 90.1 Å². The highest BCUT2D eigenvalue weighted by Crippen LogP contribution is 2.30. The molecule has 7 nitrogen and oxygen atoms in total. The third-order valence-corrected chi connectivity index (χ3v) is 6.84. The van der Waals surface area contributed by atoms with Gasteiger partial charge in [-0.3, -0.25) is 14.2 Å². The first kappa shape index (κ1) is 27.8. The van der Waals surface area contributed by atoms with Gasteiger partial charge < -0.3 is 4.90 Å². The third kappa shape index (κ3) is 5.88. The number of nitrogens with zero attached hydrogens (tertiary/aromatic N) is 4. The lowest BCUT2D eigenvalue weighted by Crippen LogP contribution is -2.38. The molecule has 5 aromatic rings. The van der Waals surface area contributed by atoms with Crippen LogP contribution in [0.1, 0.15) is 35.6 Å². The summed E-state index contributed by atoms with van der Waals surface area (Å²) in [6.45, 7) is 1.83. The Morgan fingerprint density at radius 3 is 2.37 bits per heavy atom. The molecule has 1 N–H and O–H groups in total. The number of hydrogen-bond acceptors (Lipinski definition) is 3. The highest BCUT2D eigenvalue weighted by Gasteiger charge is 2.31. The summed E-state index contributed by atoms with van der Waals surface area (Å²) >= 11 is 0. The third-order valence-electron chi connectivity index (χ3n) is 6.84. The largest absolute Gasteiger partial charge is 0.416 e. The number of hydrogen-bond donors (Lipinski definition) is 1. The number of amides is 1. The van der Waals surface area contributed by atoms with Crippen molar-refractivity contribution >= 4 is 16.8 Å². The molecule has 0 spiro atoms. The zero-order valence-electron chi connectivity index (χ0n) is 22.2. The predicted molar refractivity (Wildman–Crippen MR) is 143 cm³/mol. The van der Waals surface area contributed by atoms with Crippen LogP contribution in [-0.4, -0.2) is 25.3 Å². The van der Waals surface area contributed by atoms with Gasteiger partial charge in [-0.1, -0.05) is 24.3 Å². The molecule has 0 unspecified atom stereocenters. The van der Waals surface area contributed by atoms with Crippen molar-refractivity contribution < 1.29 is 26.9 Å². The van der Waals surface area contributed by atoms with Crippen molar-refractivity contribution in [2.24, 2.45) is 7.05 Å². The normalized spacial score (nSPS) is 12.4. The van der Waals surface area contributed by atoms with Gasteiger partial charge in [0, 0.05) is 0 Å². The zero-order valence-corrected chi connectivity index (χ0v) is 22.2. The molecule has 0 saturated carbocycles. The maximum absolute atomic E-state index is 13.8. The Morgan fingerprint density at radius 2 is 1.73 bits per heavy atom. The highest BCUT2D eigenvalue weighted by atomic mass is 19.4. The van der Waals surface area contributed by atoms with E-state index in [4.69, 9.17) is 4.98 Å². The number of carbonyl (C=O) groups excluding carboxylic acids is 1. The Balaban J connectivity index is 1.59. The molecule has 1 atom stereocenters. The number of imidazole rings is 1. The Labute approximate surface area is 232 Å². The van der Waals surface area contributed by atoms with Crippen molar-refractivity contribution in [3.05, 3.63) is 124 Å². The molecule has 0 aliphatic rings. The van der Waals surface area contributed by atoms with Crippen LogP contribution in [0.2, 0.25) is 0 Å². The number of H-pyrrole nitrogens is 1. The molecule has 3 aromatic carbocycles. The zero-order chi connectivity index (χ0) is 29.3. The summed E-state index contributed by atoms with van der Waals surface area (Å²) in [4.78, 5) is 36.9. The minimum Gasteiger partial charge on any atom is -0.324 e. The van der Waals surface area contributed by atoms with Gasteiger partial charge in [0.2, 0.25) is 12.2 Å². The first-order valence-corrected chi connectivity index (χ1v) is 12.8. The number of carbonyl (C=O) groups is 1. The Hall–Kier alpha value is -4.80. The molecule has 0 radical (unpaired) electrons. The lowest BCUT2D eigenvalue weighted by molar-refractivity contribution is -0.670.